The average molecular weight is 306 g/mol. The summed E-state index contributed by atoms with van der Waals surface area (Å²) in [5.41, 5.74) is 1.56. The Kier molecular flexibility index (Phi) is 3.90. The zero-order valence-corrected chi connectivity index (χ0v) is 13.8. The van der Waals surface area contributed by atoms with E-state index in [-0.39, 0.29) is 16.6 Å². The van der Waals surface area contributed by atoms with Crippen molar-refractivity contribution in [2.75, 3.05) is 6.54 Å². The van der Waals surface area contributed by atoms with Crippen LogP contribution >= 0.6 is 0 Å². The van der Waals surface area contributed by atoms with Crippen molar-refractivity contribution < 1.29 is 8.42 Å². The van der Waals surface area contributed by atoms with Crippen LogP contribution in [-0.2, 0) is 15.8 Å². The van der Waals surface area contributed by atoms with Gasteiger partial charge in [-0.1, -0.05) is 39.8 Å². The summed E-state index contributed by atoms with van der Waals surface area (Å²) < 4.78 is 27.0. The molecule has 0 radical (unpaired) electrons. The summed E-state index contributed by atoms with van der Waals surface area (Å²) in [6.45, 7) is 9.18. The second-order valence-corrected chi connectivity index (χ2v) is 8.72. The first-order chi connectivity index (χ1) is 9.60. The van der Waals surface area contributed by atoms with E-state index in [4.69, 9.17) is 5.26 Å². The predicted molar refractivity (Wildman–Crippen MR) is 82.8 cm³/mol. The normalized spacial score (nSPS) is 20.0. The topological polar surface area (TPSA) is 70.0 Å². The van der Waals surface area contributed by atoms with Crippen LogP contribution in [0.2, 0.25) is 0 Å². The van der Waals surface area contributed by atoms with Crippen LogP contribution in [-0.4, -0.2) is 15.0 Å². The Balaban J connectivity index is 1.95. The quantitative estimate of drug-likeness (QED) is 0.909. The van der Waals surface area contributed by atoms with Crippen LogP contribution in [0.5, 0.6) is 0 Å². The standard InChI is InChI=1S/C16H22N2O2S/c1-15(2)14(16(15,3)4)10-18-21(19,20)11-13-7-5-12(9-17)6-8-13/h5-8,14,18H,10-11H2,1-4H3. The van der Waals surface area contributed by atoms with Gasteiger partial charge in [0.15, 0.2) is 0 Å². The second kappa shape index (κ2) is 5.11. The van der Waals surface area contributed by atoms with Crippen molar-refractivity contribution in [3.05, 3.63) is 35.4 Å². The minimum Gasteiger partial charge on any atom is -0.215 e. The van der Waals surface area contributed by atoms with Gasteiger partial charge < -0.3 is 0 Å². The van der Waals surface area contributed by atoms with Crippen LogP contribution in [0.3, 0.4) is 0 Å². The number of hydrogen-bond acceptors (Lipinski definition) is 3. The fourth-order valence-corrected chi connectivity index (χ4v) is 4.15. The number of rotatable bonds is 5. The van der Waals surface area contributed by atoms with Gasteiger partial charge in [0, 0.05) is 6.54 Å². The predicted octanol–water partition coefficient (Wildman–Crippen LogP) is 2.66. The Bertz CT molecular complexity index is 653. The average Bonchev–Trinajstić information content (AvgIpc) is 2.77. The molecule has 1 aromatic rings. The van der Waals surface area contributed by atoms with E-state index >= 15 is 0 Å². The summed E-state index contributed by atoms with van der Waals surface area (Å²) in [7, 11) is -3.34. The summed E-state index contributed by atoms with van der Waals surface area (Å²) in [5.74, 6) is 0.312. The lowest BCUT2D eigenvalue weighted by Gasteiger charge is -2.08. The Morgan fingerprint density at radius 1 is 1.14 bits per heavy atom. The van der Waals surface area contributed by atoms with E-state index in [0.29, 0.717) is 23.6 Å². The summed E-state index contributed by atoms with van der Waals surface area (Å²) in [6.07, 6.45) is 0. The van der Waals surface area contributed by atoms with Crippen molar-refractivity contribution in [1.29, 1.82) is 5.26 Å². The molecule has 0 atom stereocenters. The van der Waals surface area contributed by atoms with Gasteiger partial charge in [-0.05, 0) is 34.4 Å². The van der Waals surface area contributed by atoms with E-state index < -0.39 is 10.0 Å². The molecule has 0 aliphatic heterocycles. The van der Waals surface area contributed by atoms with Gasteiger partial charge in [-0.3, -0.25) is 0 Å². The van der Waals surface area contributed by atoms with E-state index in [1.165, 1.54) is 0 Å². The van der Waals surface area contributed by atoms with Crippen molar-refractivity contribution in [1.82, 2.24) is 4.72 Å². The SMILES string of the molecule is CC1(C)C(CNS(=O)(=O)Cc2ccc(C#N)cc2)C1(C)C. The molecule has 114 valence electrons. The van der Waals surface area contributed by atoms with E-state index in [1.807, 2.05) is 6.07 Å². The molecule has 1 aromatic carbocycles. The van der Waals surface area contributed by atoms with Crippen LogP contribution in [0.1, 0.15) is 38.8 Å². The van der Waals surface area contributed by atoms with Crippen molar-refractivity contribution in [2.24, 2.45) is 16.7 Å². The first-order valence-electron chi connectivity index (χ1n) is 7.06. The van der Waals surface area contributed by atoms with E-state index in [0.717, 1.165) is 0 Å². The monoisotopic (exact) mass is 306 g/mol. The highest BCUT2D eigenvalue weighted by Gasteiger charge is 2.64. The lowest BCUT2D eigenvalue weighted by Crippen LogP contribution is -2.28. The van der Waals surface area contributed by atoms with Crippen molar-refractivity contribution in [3.63, 3.8) is 0 Å². The van der Waals surface area contributed by atoms with Gasteiger partial charge in [0.25, 0.3) is 0 Å². The molecule has 1 fully saturated rings. The number of sulfonamides is 1. The first kappa shape index (κ1) is 16.0. The molecular weight excluding hydrogens is 284 g/mol. The molecule has 1 aliphatic rings. The molecule has 0 saturated heterocycles. The third-order valence-electron chi connectivity index (χ3n) is 5.27. The maximum Gasteiger partial charge on any atom is 0.215 e. The Morgan fingerprint density at radius 3 is 2.10 bits per heavy atom. The minimum atomic E-state index is -3.34. The molecule has 0 unspecified atom stereocenters. The fourth-order valence-electron chi connectivity index (χ4n) is 3.00. The molecule has 1 saturated carbocycles. The van der Waals surface area contributed by atoms with E-state index in [9.17, 15) is 8.42 Å². The van der Waals surface area contributed by atoms with Gasteiger partial charge in [0.05, 0.1) is 17.4 Å². The molecule has 0 amide bonds. The van der Waals surface area contributed by atoms with Gasteiger partial charge in [-0.15, -0.1) is 0 Å². The lowest BCUT2D eigenvalue weighted by molar-refractivity contribution is 0.457. The highest BCUT2D eigenvalue weighted by molar-refractivity contribution is 7.88. The van der Waals surface area contributed by atoms with Crippen LogP contribution in [0.25, 0.3) is 0 Å². The van der Waals surface area contributed by atoms with Crippen LogP contribution in [0.4, 0.5) is 0 Å². The number of nitrogens with one attached hydrogen (secondary N) is 1. The molecule has 0 aromatic heterocycles. The molecule has 5 heteroatoms. The maximum absolute atomic E-state index is 12.1. The smallest absolute Gasteiger partial charge is 0.215 e. The van der Waals surface area contributed by atoms with Gasteiger partial charge in [0.1, 0.15) is 0 Å². The summed E-state index contributed by atoms with van der Waals surface area (Å²) >= 11 is 0. The number of hydrogen-bond donors (Lipinski definition) is 1. The van der Waals surface area contributed by atoms with E-state index in [2.05, 4.69) is 32.4 Å². The molecule has 4 nitrogen and oxygen atoms in total. The molecule has 2 rings (SSSR count). The second-order valence-electron chi connectivity index (χ2n) is 6.91. The van der Waals surface area contributed by atoms with Gasteiger partial charge >= 0.3 is 0 Å². The highest BCUT2D eigenvalue weighted by Crippen LogP contribution is 2.67. The van der Waals surface area contributed by atoms with Crippen LogP contribution < -0.4 is 4.72 Å². The minimum absolute atomic E-state index is 0.0493. The number of nitriles is 1. The highest BCUT2D eigenvalue weighted by atomic mass is 32.2. The molecular formula is C16H22N2O2S. The fraction of sp³-hybridized carbons (Fsp3) is 0.562. The molecule has 0 bridgehead atoms. The van der Waals surface area contributed by atoms with E-state index in [1.54, 1.807) is 24.3 Å². The third kappa shape index (κ3) is 3.12. The van der Waals surface area contributed by atoms with Gasteiger partial charge in [-0.2, -0.15) is 5.26 Å². The van der Waals surface area contributed by atoms with Crippen molar-refractivity contribution >= 4 is 10.0 Å². The Hall–Kier alpha value is -1.38. The summed E-state index contributed by atoms with van der Waals surface area (Å²) in [6, 6.07) is 8.66. The third-order valence-corrected chi connectivity index (χ3v) is 6.59. The summed E-state index contributed by atoms with van der Waals surface area (Å²) in [5, 5.41) is 8.73. The maximum atomic E-state index is 12.1. The molecule has 1 aliphatic carbocycles. The zero-order valence-electron chi connectivity index (χ0n) is 13.0. The van der Waals surface area contributed by atoms with Crippen LogP contribution in [0, 0.1) is 28.1 Å². The first-order valence-corrected chi connectivity index (χ1v) is 8.72. The van der Waals surface area contributed by atoms with Gasteiger partial charge in [-0.25, -0.2) is 13.1 Å². The molecule has 21 heavy (non-hydrogen) atoms. The molecule has 0 spiro atoms. The largest absolute Gasteiger partial charge is 0.215 e. The number of nitrogens with zero attached hydrogens (tertiary/aromatic N) is 1. The Morgan fingerprint density at radius 2 is 1.67 bits per heavy atom. The summed E-state index contributed by atoms with van der Waals surface area (Å²) in [4.78, 5) is 0. The van der Waals surface area contributed by atoms with Crippen molar-refractivity contribution in [2.45, 2.75) is 33.4 Å². The Labute approximate surface area is 127 Å². The lowest BCUT2D eigenvalue weighted by atomic mass is 10.0. The van der Waals surface area contributed by atoms with Gasteiger partial charge in [0.2, 0.25) is 10.0 Å². The van der Waals surface area contributed by atoms with Crippen molar-refractivity contribution in [3.8, 4) is 6.07 Å². The number of benzene rings is 1. The molecule has 1 N–H and O–H groups in total. The molecule has 0 heterocycles. The zero-order chi connectivity index (χ0) is 15.9. The van der Waals surface area contributed by atoms with Crippen LogP contribution in [0.15, 0.2) is 24.3 Å².